The zero-order valence-electron chi connectivity index (χ0n) is 15.6. The normalized spacial score (nSPS) is 15.6. The van der Waals surface area contributed by atoms with Gasteiger partial charge in [-0.3, -0.25) is 14.7 Å². The summed E-state index contributed by atoms with van der Waals surface area (Å²) in [6.07, 6.45) is 4.57. The molecule has 1 aliphatic heterocycles. The Labute approximate surface area is 167 Å². The Kier molecular flexibility index (Phi) is 6.08. The number of amides is 1. The van der Waals surface area contributed by atoms with Gasteiger partial charge in [0.15, 0.2) is 0 Å². The molecule has 146 valence electrons. The Bertz CT molecular complexity index is 873. The molecule has 0 aromatic carbocycles. The molecule has 0 atom stereocenters. The number of rotatable bonds is 7. The molecule has 1 N–H and O–H groups in total. The van der Waals surface area contributed by atoms with E-state index in [1.54, 1.807) is 11.3 Å². The van der Waals surface area contributed by atoms with Crippen molar-refractivity contribution >= 4 is 17.2 Å². The smallest absolute Gasteiger partial charge is 0.227 e. The summed E-state index contributed by atoms with van der Waals surface area (Å²) in [5.41, 5.74) is 2.04. The minimum atomic E-state index is 0.0402. The van der Waals surface area contributed by atoms with Gasteiger partial charge in [0.1, 0.15) is 0 Å². The number of piperidine rings is 1. The van der Waals surface area contributed by atoms with Crippen LogP contribution < -0.4 is 5.32 Å². The van der Waals surface area contributed by atoms with Crippen LogP contribution in [0.4, 0.5) is 0 Å². The fourth-order valence-electron chi connectivity index (χ4n) is 3.34. The van der Waals surface area contributed by atoms with Crippen LogP contribution >= 0.6 is 11.3 Å². The molecule has 0 spiro atoms. The fourth-order valence-corrected chi connectivity index (χ4v) is 3.98. The van der Waals surface area contributed by atoms with Gasteiger partial charge in [0, 0.05) is 55.7 Å². The topological polar surface area (TPSA) is 84.1 Å². The predicted molar refractivity (Wildman–Crippen MR) is 107 cm³/mol. The van der Waals surface area contributed by atoms with Crippen LogP contribution in [0.15, 0.2) is 45.7 Å². The maximum Gasteiger partial charge on any atom is 0.227 e. The number of hydrogen-bond acceptors (Lipinski definition) is 7. The number of carbonyl (C=O) groups is 1. The molecule has 0 saturated carbocycles. The predicted octanol–water partition coefficient (Wildman–Crippen LogP) is 2.91. The van der Waals surface area contributed by atoms with Gasteiger partial charge in [0.25, 0.3) is 0 Å². The molecule has 1 fully saturated rings. The third-order valence-electron chi connectivity index (χ3n) is 4.88. The van der Waals surface area contributed by atoms with E-state index in [0.29, 0.717) is 24.6 Å². The Balaban J connectivity index is 1.18. The van der Waals surface area contributed by atoms with Crippen molar-refractivity contribution in [1.82, 2.24) is 25.3 Å². The van der Waals surface area contributed by atoms with Crippen LogP contribution in [-0.2, 0) is 17.8 Å². The highest BCUT2D eigenvalue weighted by atomic mass is 32.1. The molecule has 0 aliphatic carbocycles. The SMILES string of the molecule is O=C(CCc1nc(-c2ccsc2)no1)NC1CCN(Cc2ccccn2)CC1. The second kappa shape index (κ2) is 9.07. The lowest BCUT2D eigenvalue weighted by Gasteiger charge is -2.32. The van der Waals surface area contributed by atoms with Crippen molar-refractivity contribution in [1.29, 1.82) is 0 Å². The van der Waals surface area contributed by atoms with E-state index in [9.17, 15) is 4.79 Å². The van der Waals surface area contributed by atoms with E-state index >= 15 is 0 Å². The van der Waals surface area contributed by atoms with Crippen LogP contribution in [0.5, 0.6) is 0 Å². The van der Waals surface area contributed by atoms with Crippen molar-refractivity contribution in [3.63, 3.8) is 0 Å². The first-order valence-electron chi connectivity index (χ1n) is 9.53. The molecular formula is C20H23N5O2S. The first-order chi connectivity index (χ1) is 13.8. The van der Waals surface area contributed by atoms with Gasteiger partial charge in [0.05, 0.1) is 5.69 Å². The van der Waals surface area contributed by atoms with Gasteiger partial charge in [-0.1, -0.05) is 11.2 Å². The highest BCUT2D eigenvalue weighted by Crippen LogP contribution is 2.19. The van der Waals surface area contributed by atoms with Crippen molar-refractivity contribution in [2.75, 3.05) is 13.1 Å². The number of hydrogen-bond donors (Lipinski definition) is 1. The third kappa shape index (κ3) is 5.02. The highest BCUT2D eigenvalue weighted by Gasteiger charge is 2.21. The average Bonchev–Trinajstić information content (AvgIpc) is 3.41. The van der Waals surface area contributed by atoms with Crippen molar-refractivity contribution < 1.29 is 9.32 Å². The Morgan fingerprint density at radius 1 is 1.29 bits per heavy atom. The highest BCUT2D eigenvalue weighted by molar-refractivity contribution is 7.08. The number of nitrogens with zero attached hydrogens (tertiary/aromatic N) is 4. The summed E-state index contributed by atoms with van der Waals surface area (Å²) in [7, 11) is 0. The fraction of sp³-hybridized carbons (Fsp3) is 0.400. The second-order valence-corrected chi connectivity index (χ2v) is 7.74. The maximum absolute atomic E-state index is 12.3. The first kappa shape index (κ1) is 18.8. The average molecular weight is 398 g/mol. The van der Waals surface area contributed by atoms with Gasteiger partial charge in [-0.25, -0.2) is 0 Å². The van der Waals surface area contributed by atoms with Crippen LogP contribution in [0, 0.1) is 0 Å². The second-order valence-electron chi connectivity index (χ2n) is 6.96. The minimum absolute atomic E-state index is 0.0402. The molecule has 4 heterocycles. The van der Waals surface area contributed by atoms with Gasteiger partial charge in [-0.05, 0) is 36.4 Å². The zero-order valence-corrected chi connectivity index (χ0v) is 16.4. The molecule has 0 bridgehead atoms. The molecule has 1 amide bonds. The Morgan fingerprint density at radius 3 is 2.93 bits per heavy atom. The van der Waals surface area contributed by atoms with Crippen molar-refractivity contribution in [3.8, 4) is 11.4 Å². The third-order valence-corrected chi connectivity index (χ3v) is 5.56. The molecule has 0 radical (unpaired) electrons. The first-order valence-corrected chi connectivity index (χ1v) is 10.5. The molecule has 3 aromatic rings. The number of nitrogens with one attached hydrogen (secondary N) is 1. The van der Waals surface area contributed by atoms with Gasteiger partial charge in [0.2, 0.25) is 17.6 Å². The van der Waals surface area contributed by atoms with Crippen LogP contribution in [0.2, 0.25) is 0 Å². The summed E-state index contributed by atoms with van der Waals surface area (Å²) in [6, 6.07) is 8.18. The minimum Gasteiger partial charge on any atom is -0.353 e. The molecule has 28 heavy (non-hydrogen) atoms. The van der Waals surface area contributed by atoms with Crippen LogP contribution in [0.3, 0.4) is 0 Å². The summed E-state index contributed by atoms with van der Waals surface area (Å²) in [4.78, 5) is 23.4. The van der Waals surface area contributed by atoms with Gasteiger partial charge in [-0.15, -0.1) is 0 Å². The van der Waals surface area contributed by atoms with Gasteiger partial charge < -0.3 is 9.84 Å². The summed E-state index contributed by atoms with van der Waals surface area (Å²) >= 11 is 1.59. The molecular weight excluding hydrogens is 374 g/mol. The van der Waals surface area contributed by atoms with E-state index < -0.39 is 0 Å². The van der Waals surface area contributed by atoms with Gasteiger partial charge >= 0.3 is 0 Å². The summed E-state index contributed by atoms with van der Waals surface area (Å²) < 4.78 is 5.25. The van der Waals surface area contributed by atoms with E-state index in [1.807, 2.05) is 35.2 Å². The van der Waals surface area contributed by atoms with E-state index in [0.717, 1.165) is 43.7 Å². The summed E-state index contributed by atoms with van der Waals surface area (Å²) in [6.45, 7) is 2.80. The maximum atomic E-state index is 12.3. The zero-order chi connectivity index (χ0) is 19.2. The lowest BCUT2D eigenvalue weighted by molar-refractivity contribution is -0.122. The van der Waals surface area contributed by atoms with Crippen molar-refractivity contribution in [2.45, 2.75) is 38.3 Å². The van der Waals surface area contributed by atoms with E-state index in [1.165, 1.54) is 0 Å². The van der Waals surface area contributed by atoms with E-state index in [-0.39, 0.29) is 11.9 Å². The summed E-state index contributed by atoms with van der Waals surface area (Å²) in [5, 5.41) is 11.1. The number of aryl methyl sites for hydroxylation is 1. The number of pyridine rings is 1. The molecule has 1 saturated heterocycles. The number of carbonyl (C=O) groups excluding carboxylic acids is 1. The molecule has 7 nitrogen and oxygen atoms in total. The Hall–Kier alpha value is -2.58. The van der Waals surface area contributed by atoms with Crippen molar-refractivity contribution in [2.24, 2.45) is 0 Å². The summed E-state index contributed by atoms with van der Waals surface area (Å²) in [5.74, 6) is 1.12. The lowest BCUT2D eigenvalue weighted by Crippen LogP contribution is -2.44. The quantitative estimate of drug-likeness (QED) is 0.660. The lowest BCUT2D eigenvalue weighted by atomic mass is 10.0. The van der Waals surface area contributed by atoms with E-state index in [2.05, 4.69) is 31.4 Å². The van der Waals surface area contributed by atoms with Crippen LogP contribution in [0.1, 0.15) is 30.8 Å². The molecule has 0 unspecified atom stereocenters. The molecule has 8 heteroatoms. The number of likely N-dealkylation sites (tertiary alicyclic amines) is 1. The molecule has 1 aliphatic rings. The molecule has 4 rings (SSSR count). The van der Waals surface area contributed by atoms with Gasteiger partial charge in [-0.2, -0.15) is 16.3 Å². The number of aromatic nitrogens is 3. The monoisotopic (exact) mass is 397 g/mol. The molecule has 3 aromatic heterocycles. The Morgan fingerprint density at radius 2 is 2.18 bits per heavy atom. The number of thiophene rings is 1. The van der Waals surface area contributed by atoms with Crippen LogP contribution in [0.25, 0.3) is 11.4 Å². The van der Waals surface area contributed by atoms with Crippen molar-refractivity contribution in [3.05, 3.63) is 52.8 Å². The standard InChI is InChI=1S/C20H23N5O2S/c26-18(4-5-19-23-20(24-27-19)15-8-12-28-14-15)22-16-6-10-25(11-7-16)13-17-3-1-2-9-21-17/h1-3,8-9,12,14,16H,4-7,10-11,13H2,(H,22,26). The van der Waals surface area contributed by atoms with E-state index in [4.69, 9.17) is 4.52 Å². The van der Waals surface area contributed by atoms with Crippen LogP contribution in [-0.4, -0.2) is 45.1 Å². The largest absolute Gasteiger partial charge is 0.353 e.